The Morgan fingerprint density at radius 1 is 1.00 bits per heavy atom. The Morgan fingerprint density at radius 2 is 1.59 bits per heavy atom. The Hall–Kier alpha value is -4.07. The van der Waals surface area contributed by atoms with E-state index in [9.17, 15) is 14.9 Å². The number of non-ortho nitro benzene ring substituents is 1. The molecule has 1 N–H and O–H groups in total. The minimum Gasteiger partial charge on any atom is -0.457 e. The predicted molar refractivity (Wildman–Crippen MR) is 98.9 cm³/mol. The summed E-state index contributed by atoms with van der Waals surface area (Å²) in [5, 5.41) is 14.5. The van der Waals surface area contributed by atoms with Crippen LogP contribution in [0.25, 0.3) is 0 Å². The average Bonchev–Trinajstić information content (AvgIpc) is 2.70. The van der Waals surface area contributed by atoms with Crippen LogP contribution in [0.4, 0.5) is 5.69 Å². The number of rotatable bonds is 6. The molecule has 1 amide bonds. The lowest BCUT2D eigenvalue weighted by atomic mass is 10.2. The molecule has 0 fully saturated rings. The average molecular weight is 362 g/mol. The molecule has 1 aromatic heterocycles. The highest BCUT2D eigenvalue weighted by atomic mass is 16.6. The van der Waals surface area contributed by atoms with E-state index in [1.54, 1.807) is 36.4 Å². The van der Waals surface area contributed by atoms with Crippen molar-refractivity contribution < 1.29 is 14.5 Å². The molecule has 0 aliphatic heterocycles. The van der Waals surface area contributed by atoms with Gasteiger partial charge in [-0.05, 0) is 54.1 Å². The van der Waals surface area contributed by atoms with Crippen molar-refractivity contribution in [1.29, 1.82) is 0 Å². The largest absolute Gasteiger partial charge is 0.457 e. The van der Waals surface area contributed by atoms with Gasteiger partial charge in [-0.25, -0.2) is 5.43 Å². The van der Waals surface area contributed by atoms with E-state index < -0.39 is 4.92 Å². The zero-order valence-corrected chi connectivity index (χ0v) is 14.0. The SMILES string of the molecule is O=C(N/N=C\c1ccc(Oc2ccc([N+](=O)[O-])cc2)cc1)c1ccncc1. The molecule has 3 rings (SSSR count). The van der Waals surface area contributed by atoms with E-state index >= 15 is 0 Å². The topological polar surface area (TPSA) is 107 Å². The quantitative estimate of drug-likeness (QED) is 0.410. The summed E-state index contributed by atoms with van der Waals surface area (Å²) < 4.78 is 5.63. The first-order valence-electron chi connectivity index (χ1n) is 7.87. The van der Waals surface area contributed by atoms with Crippen LogP contribution in [0.15, 0.2) is 78.2 Å². The molecular formula is C19H14N4O4. The molecule has 0 saturated heterocycles. The van der Waals surface area contributed by atoms with Gasteiger partial charge < -0.3 is 4.74 Å². The number of hydrogen-bond donors (Lipinski definition) is 1. The van der Waals surface area contributed by atoms with Crippen molar-refractivity contribution >= 4 is 17.8 Å². The van der Waals surface area contributed by atoms with Crippen LogP contribution in [0.5, 0.6) is 11.5 Å². The number of nitro groups is 1. The third kappa shape index (κ3) is 4.95. The van der Waals surface area contributed by atoms with Gasteiger partial charge >= 0.3 is 0 Å². The molecule has 8 heteroatoms. The molecule has 2 aromatic carbocycles. The number of benzene rings is 2. The summed E-state index contributed by atoms with van der Waals surface area (Å²) >= 11 is 0. The monoisotopic (exact) mass is 362 g/mol. The number of nitrogens with one attached hydrogen (secondary N) is 1. The Bertz CT molecular complexity index is 955. The maximum Gasteiger partial charge on any atom is 0.271 e. The van der Waals surface area contributed by atoms with Crippen molar-refractivity contribution in [2.75, 3.05) is 0 Å². The third-order valence-electron chi connectivity index (χ3n) is 3.49. The molecule has 0 unspecified atom stereocenters. The summed E-state index contributed by atoms with van der Waals surface area (Å²) in [4.78, 5) is 25.9. The van der Waals surface area contributed by atoms with Crippen LogP contribution in [0.2, 0.25) is 0 Å². The number of ether oxygens (including phenoxy) is 1. The maximum atomic E-state index is 11.8. The minimum absolute atomic E-state index is 0.00252. The van der Waals surface area contributed by atoms with Crippen LogP contribution in [0, 0.1) is 10.1 Å². The fraction of sp³-hybridized carbons (Fsp3) is 0. The van der Waals surface area contributed by atoms with Crippen LogP contribution in [0.3, 0.4) is 0 Å². The summed E-state index contributed by atoms with van der Waals surface area (Å²) in [6, 6.07) is 16.0. The number of pyridine rings is 1. The lowest BCUT2D eigenvalue weighted by Gasteiger charge is -2.05. The van der Waals surface area contributed by atoms with Gasteiger partial charge in [0.1, 0.15) is 11.5 Å². The van der Waals surface area contributed by atoms with Crippen molar-refractivity contribution in [3.8, 4) is 11.5 Å². The van der Waals surface area contributed by atoms with Crippen LogP contribution in [-0.2, 0) is 0 Å². The van der Waals surface area contributed by atoms with E-state index in [4.69, 9.17) is 4.74 Å². The third-order valence-corrected chi connectivity index (χ3v) is 3.49. The molecule has 0 spiro atoms. The first kappa shape index (κ1) is 17.7. The van der Waals surface area contributed by atoms with Gasteiger partial charge in [0, 0.05) is 30.1 Å². The van der Waals surface area contributed by atoms with Crippen molar-refractivity contribution in [2.24, 2.45) is 5.10 Å². The van der Waals surface area contributed by atoms with E-state index in [0.717, 1.165) is 5.56 Å². The van der Waals surface area contributed by atoms with Crippen LogP contribution in [0.1, 0.15) is 15.9 Å². The number of nitrogens with zero attached hydrogens (tertiary/aromatic N) is 3. The van der Waals surface area contributed by atoms with Crippen LogP contribution < -0.4 is 10.2 Å². The number of hydrazone groups is 1. The number of carbonyl (C=O) groups excluding carboxylic acids is 1. The summed E-state index contributed by atoms with van der Waals surface area (Å²) in [5.74, 6) is 0.736. The van der Waals surface area contributed by atoms with Gasteiger partial charge in [0.15, 0.2) is 0 Å². The fourth-order valence-corrected chi connectivity index (χ4v) is 2.13. The van der Waals surface area contributed by atoms with E-state index in [-0.39, 0.29) is 11.6 Å². The van der Waals surface area contributed by atoms with E-state index in [2.05, 4.69) is 15.5 Å². The standard InChI is InChI=1S/C19H14N4O4/c24-19(15-9-11-20-12-10-15)22-21-13-14-1-5-17(6-2-14)27-18-7-3-16(4-8-18)23(25)26/h1-13H,(H,22,24)/b21-13-. The second kappa shape index (κ2) is 8.34. The van der Waals surface area contributed by atoms with Gasteiger partial charge in [-0.1, -0.05) is 0 Å². The smallest absolute Gasteiger partial charge is 0.271 e. The molecule has 0 aliphatic carbocycles. The molecule has 0 atom stereocenters. The first-order chi connectivity index (χ1) is 13.1. The molecular weight excluding hydrogens is 348 g/mol. The van der Waals surface area contributed by atoms with Gasteiger partial charge in [0.05, 0.1) is 11.1 Å². The Kier molecular flexibility index (Phi) is 5.48. The summed E-state index contributed by atoms with van der Waals surface area (Å²) in [7, 11) is 0. The predicted octanol–water partition coefficient (Wildman–Crippen LogP) is 3.55. The number of nitro benzene ring substituents is 1. The Balaban J connectivity index is 1.56. The van der Waals surface area contributed by atoms with Crippen molar-refractivity contribution in [1.82, 2.24) is 10.4 Å². The number of aromatic nitrogens is 1. The van der Waals surface area contributed by atoms with E-state index in [1.807, 2.05) is 0 Å². The molecule has 0 aliphatic rings. The van der Waals surface area contributed by atoms with Gasteiger partial charge in [0.25, 0.3) is 11.6 Å². The molecule has 0 bridgehead atoms. The van der Waals surface area contributed by atoms with Gasteiger partial charge in [-0.2, -0.15) is 5.10 Å². The number of hydrogen-bond acceptors (Lipinski definition) is 6. The normalized spacial score (nSPS) is 10.5. The van der Waals surface area contributed by atoms with Crippen molar-refractivity contribution in [3.05, 3.63) is 94.3 Å². The molecule has 3 aromatic rings. The van der Waals surface area contributed by atoms with Gasteiger partial charge in [-0.3, -0.25) is 19.9 Å². The zero-order chi connectivity index (χ0) is 19.1. The summed E-state index contributed by atoms with van der Waals surface area (Å²) in [6.07, 6.45) is 4.57. The second-order valence-electron chi connectivity index (χ2n) is 5.36. The van der Waals surface area contributed by atoms with E-state index in [0.29, 0.717) is 17.1 Å². The molecule has 8 nitrogen and oxygen atoms in total. The maximum absolute atomic E-state index is 11.8. The highest BCUT2D eigenvalue weighted by molar-refractivity contribution is 5.94. The lowest BCUT2D eigenvalue weighted by molar-refractivity contribution is -0.384. The van der Waals surface area contributed by atoms with E-state index in [1.165, 1.54) is 42.9 Å². The van der Waals surface area contributed by atoms with Crippen LogP contribution >= 0.6 is 0 Å². The molecule has 0 radical (unpaired) electrons. The summed E-state index contributed by atoms with van der Waals surface area (Å²) in [5.41, 5.74) is 3.67. The van der Waals surface area contributed by atoms with Crippen LogP contribution in [-0.4, -0.2) is 22.0 Å². The molecule has 27 heavy (non-hydrogen) atoms. The minimum atomic E-state index is -0.467. The number of carbonyl (C=O) groups is 1. The Morgan fingerprint density at radius 3 is 2.19 bits per heavy atom. The first-order valence-corrected chi connectivity index (χ1v) is 7.87. The molecule has 1 heterocycles. The second-order valence-corrected chi connectivity index (χ2v) is 5.36. The van der Waals surface area contributed by atoms with Gasteiger partial charge in [0.2, 0.25) is 0 Å². The lowest BCUT2D eigenvalue weighted by Crippen LogP contribution is -2.17. The number of amides is 1. The zero-order valence-electron chi connectivity index (χ0n) is 14.0. The van der Waals surface area contributed by atoms with Crippen molar-refractivity contribution in [3.63, 3.8) is 0 Å². The molecule has 134 valence electrons. The highest BCUT2D eigenvalue weighted by Gasteiger charge is 2.05. The highest BCUT2D eigenvalue weighted by Crippen LogP contribution is 2.23. The summed E-state index contributed by atoms with van der Waals surface area (Å²) in [6.45, 7) is 0. The van der Waals surface area contributed by atoms with Gasteiger partial charge in [-0.15, -0.1) is 0 Å². The fourth-order valence-electron chi connectivity index (χ4n) is 2.13. The molecule has 0 saturated carbocycles. The Labute approximate surface area is 154 Å². The van der Waals surface area contributed by atoms with Crippen molar-refractivity contribution in [2.45, 2.75) is 0 Å².